The SMILES string of the molecule is COc1ccc(Br)c([C@@H]2CN(C(C)(C)C)C[C@H]2C(=O)O)c1. The van der Waals surface area contributed by atoms with E-state index < -0.39 is 11.9 Å². The number of nitrogens with zero attached hydrogens (tertiary/aromatic N) is 1. The molecule has 0 amide bonds. The zero-order chi connectivity index (χ0) is 15.8. The van der Waals surface area contributed by atoms with Crippen molar-refractivity contribution in [2.45, 2.75) is 32.2 Å². The molecule has 0 saturated carbocycles. The topological polar surface area (TPSA) is 49.8 Å². The van der Waals surface area contributed by atoms with Crippen molar-refractivity contribution in [2.75, 3.05) is 20.2 Å². The fraction of sp³-hybridized carbons (Fsp3) is 0.562. The van der Waals surface area contributed by atoms with Gasteiger partial charge in [-0.3, -0.25) is 9.69 Å². The molecule has 0 aromatic heterocycles. The number of halogens is 1. The molecule has 1 saturated heterocycles. The van der Waals surface area contributed by atoms with E-state index in [0.717, 1.165) is 22.3 Å². The fourth-order valence-electron chi connectivity index (χ4n) is 2.85. The molecule has 5 heteroatoms. The molecule has 1 fully saturated rings. The number of carbonyl (C=O) groups is 1. The third-order valence-electron chi connectivity index (χ3n) is 4.19. The lowest BCUT2D eigenvalue weighted by Gasteiger charge is -2.31. The van der Waals surface area contributed by atoms with Gasteiger partial charge in [0.15, 0.2) is 0 Å². The normalized spacial score (nSPS) is 23.3. The molecule has 1 N–H and O–H groups in total. The minimum absolute atomic E-state index is 0.0339. The largest absolute Gasteiger partial charge is 0.497 e. The number of rotatable bonds is 3. The number of benzene rings is 1. The van der Waals surface area contributed by atoms with E-state index in [1.165, 1.54) is 0 Å². The van der Waals surface area contributed by atoms with Crippen LogP contribution in [0.1, 0.15) is 32.3 Å². The van der Waals surface area contributed by atoms with Crippen LogP contribution in [0.2, 0.25) is 0 Å². The first kappa shape index (κ1) is 16.3. The standard InChI is InChI=1S/C16H22BrNO3/c1-16(2,3)18-8-12(13(9-18)15(19)20)11-7-10(21-4)5-6-14(11)17/h5-7,12-13H,8-9H2,1-4H3,(H,19,20)/t12-,13+/m0/s1. The summed E-state index contributed by atoms with van der Waals surface area (Å²) in [5, 5.41) is 9.57. The van der Waals surface area contributed by atoms with Gasteiger partial charge < -0.3 is 9.84 Å². The Kier molecular flexibility index (Phi) is 4.63. The Balaban J connectivity index is 2.38. The van der Waals surface area contributed by atoms with Crippen LogP contribution in [0.4, 0.5) is 0 Å². The van der Waals surface area contributed by atoms with Crippen LogP contribution in [0.3, 0.4) is 0 Å². The Bertz CT molecular complexity index is 539. The lowest BCUT2D eigenvalue weighted by Crippen LogP contribution is -2.40. The van der Waals surface area contributed by atoms with Crippen molar-refractivity contribution in [3.8, 4) is 5.75 Å². The van der Waals surface area contributed by atoms with E-state index in [4.69, 9.17) is 4.74 Å². The molecule has 4 nitrogen and oxygen atoms in total. The van der Waals surface area contributed by atoms with E-state index in [9.17, 15) is 9.90 Å². The number of hydrogen-bond acceptors (Lipinski definition) is 3. The van der Waals surface area contributed by atoms with E-state index in [2.05, 4.69) is 41.6 Å². The molecule has 0 aliphatic carbocycles. The Labute approximate surface area is 134 Å². The van der Waals surface area contributed by atoms with Gasteiger partial charge >= 0.3 is 5.97 Å². The molecule has 1 aromatic rings. The summed E-state index contributed by atoms with van der Waals surface area (Å²) >= 11 is 3.55. The van der Waals surface area contributed by atoms with Crippen LogP contribution in [0.25, 0.3) is 0 Å². The van der Waals surface area contributed by atoms with Crippen molar-refractivity contribution in [3.63, 3.8) is 0 Å². The second kappa shape index (κ2) is 5.97. The minimum atomic E-state index is -0.735. The Hall–Kier alpha value is -1.07. The first-order valence-corrected chi connectivity index (χ1v) is 7.84. The lowest BCUT2D eigenvalue weighted by atomic mass is 9.89. The first-order valence-electron chi connectivity index (χ1n) is 7.05. The van der Waals surface area contributed by atoms with Crippen molar-refractivity contribution in [1.29, 1.82) is 0 Å². The molecule has 1 aliphatic rings. The van der Waals surface area contributed by atoms with Gasteiger partial charge in [-0.15, -0.1) is 0 Å². The summed E-state index contributed by atoms with van der Waals surface area (Å²) in [6.45, 7) is 7.68. The van der Waals surface area contributed by atoms with Crippen LogP contribution in [0.15, 0.2) is 22.7 Å². The van der Waals surface area contributed by atoms with Crippen LogP contribution >= 0.6 is 15.9 Å². The molecule has 0 radical (unpaired) electrons. The second-order valence-corrected chi connectivity index (χ2v) is 7.37. The van der Waals surface area contributed by atoms with Crippen LogP contribution in [-0.2, 0) is 4.79 Å². The molecule has 21 heavy (non-hydrogen) atoms. The zero-order valence-electron chi connectivity index (χ0n) is 12.9. The summed E-state index contributed by atoms with van der Waals surface area (Å²) in [7, 11) is 1.62. The molecule has 1 aromatic carbocycles. The van der Waals surface area contributed by atoms with Crippen molar-refractivity contribution in [3.05, 3.63) is 28.2 Å². The first-order chi connectivity index (χ1) is 9.74. The van der Waals surface area contributed by atoms with Gasteiger partial charge in [-0.2, -0.15) is 0 Å². The average Bonchev–Trinajstić information content (AvgIpc) is 2.84. The molecule has 1 aliphatic heterocycles. The van der Waals surface area contributed by atoms with Crippen molar-refractivity contribution in [1.82, 2.24) is 4.90 Å². The quantitative estimate of drug-likeness (QED) is 0.902. The van der Waals surface area contributed by atoms with Crippen LogP contribution in [0.5, 0.6) is 5.75 Å². The number of carboxylic acids is 1. The summed E-state index contributed by atoms with van der Waals surface area (Å²) in [6, 6.07) is 5.74. The van der Waals surface area contributed by atoms with Crippen LogP contribution in [0, 0.1) is 5.92 Å². The van der Waals surface area contributed by atoms with Gasteiger partial charge in [0.1, 0.15) is 5.75 Å². The molecular formula is C16H22BrNO3. The zero-order valence-corrected chi connectivity index (χ0v) is 14.5. The van der Waals surface area contributed by atoms with E-state index >= 15 is 0 Å². The molecule has 0 bridgehead atoms. The number of likely N-dealkylation sites (tertiary alicyclic amines) is 1. The number of carboxylic acid groups (broad SMARTS) is 1. The third kappa shape index (κ3) is 3.40. The predicted octanol–water partition coefficient (Wildman–Crippen LogP) is 3.36. The monoisotopic (exact) mass is 355 g/mol. The van der Waals surface area contributed by atoms with Crippen molar-refractivity contribution < 1.29 is 14.6 Å². The Morgan fingerprint density at radius 1 is 1.38 bits per heavy atom. The van der Waals surface area contributed by atoms with Gasteiger partial charge in [0.2, 0.25) is 0 Å². The fourth-order valence-corrected chi connectivity index (χ4v) is 3.39. The second-order valence-electron chi connectivity index (χ2n) is 6.51. The number of ether oxygens (including phenoxy) is 1. The smallest absolute Gasteiger partial charge is 0.308 e. The highest BCUT2D eigenvalue weighted by Crippen LogP contribution is 2.40. The van der Waals surface area contributed by atoms with Gasteiger partial charge in [0.25, 0.3) is 0 Å². The summed E-state index contributed by atoms with van der Waals surface area (Å²) < 4.78 is 6.22. The highest BCUT2D eigenvalue weighted by molar-refractivity contribution is 9.10. The average molecular weight is 356 g/mol. The van der Waals surface area contributed by atoms with E-state index in [0.29, 0.717) is 6.54 Å². The summed E-state index contributed by atoms with van der Waals surface area (Å²) in [5.74, 6) is -0.410. The summed E-state index contributed by atoms with van der Waals surface area (Å²) in [4.78, 5) is 13.9. The molecule has 2 atom stereocenters. The molecular weight excluding hydrogens is 334 g/mol. The molecule has 2 rings (SSSR count). The molecule has 116 valence electrons. The Morgan fingerprint density at radius 3 is 2.57 bits per heavy atom. The van der Waals surface area contributed by atoms with Gasteiger partial charge in [-0.1, -0.05) is 15.9 Å². The number of methoxy groups -OCH3 is 1. The highest BCUT2D eigenvalue weighted by atomic mass is 79.9. The summed E-state index contributed by atoms with van der Waals surface area (Å²) in [5.41, 5.74) is 0.974. The maximum atomic E-state index is 11.7. The van der Waals surface area contributed by atoms with Crippen LogP contribution < -0.4 is 4.74 Å². The maximum absolute atomic E-state index is 11.7. The highest BCUT2D eigenvalue weighted by Gasteiger charge is 2.42. The van der Waals surface area contributed by atoms with Gasteiger partial charge in [0.05, 0.1) is 13.0 Å². The minimum Gasteiger partial charge on any atom is -0.497 e. The van der Waals surface area contributed by atoms with E-state index in [-0.39, 0.29) is 11.5 Å². The molecule has 1 heterocycles. The van der Waals surface area contributed by atoms with E-state index in [1.54, 1.807) is 7.11 Å². The number of aliphatic carboxylic acids is 1. The third-order valence-corrected chi connectivity index (χ3v) is 4.91. The van der Waals surface area contributed by atoms with Crippen LogP contribution in [-0.4, -0.2) is 41.7 Å². The number of hydrogen-bond donors (Lipinski definition) is 1. The Morgan fingerprint density at radius 2 is 2.05 bits per heavy atom. The van der Waals surface area contributed by atoms with Gasteiger partial charge in [-0.25, -0.2) is 0 Å². The van der Waals surface area contributed by atoms with Gasteiger partial charge in [-0.05, 0) is 44.5 Å². The predicted molar refractivity (Wildman–Crippen MR) is 85.9 cm³/mol. The van der Waals surface area contributed by atoms with E-state index in [1.807, 2.05) is 18.2 Å². The molecule has 0 unspecified atom stereocenters. The summed E-state index contributed by atoms with van der Waals surface area (Å²) in [6.07, 6.45) is 0. The molecule has 0 spiro atoms. The van der Waals surface area contributed by atoms with Crippen molar-refractivity contribution in [2.24, 2.45) is 5.92 Å². The van der Waals surface area contributed by atoms with Crippen molar-refractivity contribution >= 4 is 21.9 Å². The van der Waals surface area contributed by atoms with Gasteiger partial charge in [0, 0.05) is 29.0 Å². The maximum Gasteiger partial charge on any atom is 0.308 e. The lowest BCUT2D eigenvalue weighted by molar-refractivity contribution is -0.141.